The number of H-pyrrole nitrogens is 1. The minimum Gasteiger partial charge on any atom is -0.342 e. The van der Waals surface area contributed by atoms with Gasteiger partial charge < -0.3 is 9.88 Å². The van der Waals surface area contributed by atoms with Crippen LogP contribution in [0.2, 0.25) is 0 Å². The SMILES string of the molecule is Cc1ncc(CC(=O)N2CCC[C@@H](CCc3c(F)cccc3F)C2)c(=O)[nH]1. The Hall–Kier alpha value is -2.57. The van der Waals surface area contributed by atoms with Crippen molar-refractivity contribution in [3.63, 3.8) is 0 Å². The van der Waals surface area contributed by atoms with Crippen LogP contribution >= 0.6 is 0 Å². The van der Waals surface area contributed by atoms with Crippen molar-refractivity contribution in [2.45, 2.75) is 39.0 Å². The van der Waals surface area contributed by atoms with Crippen LogP contribution in [0.1, 0.15) is 36.2 Å². The second kappa shape index (κ2) is 8.41. The molecule has 0 spiro atoms. The Morgan fingerprint density at radius 3 is 2.78 bits per heavy atom. The number of hydrogen-bond acceptors (Lipinski definition) is 3. The predicted octanol–water partition coefficient (Wildman–Crippen LogP) is 2.77. The summed E-state index contributed by atoms with van der Waals surface area (Å²) in [5.41, 5.74) is 0.166. The largest absolute Gasteiger partial charge is 0.342 e. The maximum Gasteiger partial charge on any atom is 0.254 e. The number of nitrogens with zero attached hydrogens (tertiary/aromatic N) is 2. The number of piperidine rings is 1. The first-order valence-corrected chi connectivity index (χ1v) is 9.19. The Morgan fingerprint density at radius 1 is 1.33 bits per heavy atom. The van der Waals surface area contributed by atoms with Gasteiger partial charge in [0.05, 0.1) is 6.42 Å². The van der Waals surface area contributed by atoms with Crippen molar-refractivity contribution >= 4 is 5.91 Å². The zero-order valence-corrected chi connectivity index (χ0v) is 15.3. The molecular formula is C20H23F2N3O2. The van der Waals surface area contributed by atoms with Gasteiger partial charge in [-0.25, -0.2) is 13.8 Å². The number of halogens is 2. The van der Waals surface area contributed by atoms with Crippen molar-refractivity contribution in [2.75, 3.05) is 13.1 Å². The van der Waals surface area contributed by atoms with E-state index in [2.05, 4.69) is 9.97 Å². The summed E-state index contributed by atoms with van der Waals surface area (Å²) < 4.78 is 27.6. The molecule has 3 rings (SSSR count). The van der Waals surface area contributed by atoms with E-state index in [9.17, 15) is 18.4 Å². The first kappa shape index (κ1) is 19.2. The molecule has 1 amide bonds. The average molecular weight is 375 g/mol. The number of carbonyl (C=O) groups excluding carboxylic acids is 1. The Kier molecular flexibility index (Phi) is 5.98. The lowest BCUT2D eigenvalue weighted by atomic mass is 9.91. The minimum atomic E-state index is -0.523. The van der Waals surface area contributed by atoms with E-state index < -0.39 is 11.6 Å². The lowest BCUT2D eigenvalue weighted by molar-refractivity contribution is -0.132. The zero-order chi connectivity index (χ0) is 19.4. The highest BCUT2D eigenvalue weighted by Crippen LogP contribution is 2.24. The molecule has 27 heavy (non-hydrogen) atoms. The normalized spacial score (nSPS) is 17.1. The van der Waals surface area contributed by atoms with Crippen LogP contribution in [-0.2, 0) is 17.6 Å². The monoisotopic (exact) mass is 375 g/mol. The molecular weight excluding hydrogens is 352 g/mol. The molecule has 0 aliphatic carbocycles. The predicted molar refractivity (Wildman–Crippen MR) is 97.3 cm³/mol. The van der Waals surface area contributed by atoms with Gasteiger partial charge in [-0.2, -0.15) is 0 Å². The number of carbonyl (C=O) groups is 1. The van der Waals surface area contributed by atoms with Crippen LogP contribution in [0.5, 0.6) is 0 Å². The molecule has 1 aromatic heterocycles. The van der Waals surface area contributed by atoms with Gasteiger partial charge in [0.25, 0.3) is 5.56 Å². The van der Waals surface area contributed by atoms with Crippen molar-refractivity contribution in [2.24, 2.45) is 5.92 Å². The van der Waals surface area contributed by atoms with Crippen LogP contribution in [0.3, 0.4) is 0 Å². The summed E-state index contributed by atoms with van der Waals surface area (Å²) in [5.74, 6) is -0.464. The summed E-state index contributed by atoms with van der Waals surface area (Å²) in [6.07, 6.45) is 4.15. The third kappa shape index (κ3) is 4.78. The quantitative estimate of drug-likeness (QED) is 0.874. The number of amides is 1. The molecule has 1 aliphatic rings. The van der Waals surface area contributed by atoms with Crippen LogP contribution in [0.25, 0.3) is 0 Å². The van der Waals surface area contributed by atoms with Crippen LogP contribution in [0.15, 0.2) is 29.2 Å². The topological polar surface area (TPSA) is 66.1 Å². The molecule has 2 heterocycles. The number of aromatic amines is 1. The number of likely N-dealkylation sites (tertiary alicyclic amines) is 1. The third-order valence-corrected chi connectivity index (χ3v) is 5.08. The lowest BCUT2D eigenvalue weighted by Crippen LogP contribution is -2.41. The summed E-state index contributed by atoms with van der Waals surface area (Å²) in [5, 5.41) is 0. The summed E-state index contributed by atoms with van der Waals surface area (Å²) in [7, 11) is 0. The highest BCUT2D eigenvalue weighted by atomic mass is 19.1. The summed E-state index contributed by atoms with van der Waals surface area (Å²) in [6.45, 7) is 2.87. The Morgan fingerprint density at radius 2 is 2.07 bits per heavy atom. The molecule has 2 aromatic rings. The first-order chi connectivity index (χ1) is 12.9. The van der Waals surface area contributed by atoms with Crippen LogP contribution in [0, 0.1) is 24.5 Å². The highest BCUT2D eigenvalue weighted by molar-refractivity contribution is 5.78. The van der Waals surface area contributed by atoms with Crippen molar-refractivity contribution in [1.29, 1.82) is 0 Å². The molecule has 1 aliphatic heterocycles. The van der Waals surface area contributed by atoms with Gasteiger partial charge in [0.2, 0.25) is 5.91 Å². The van der Waals surface area contributed by atoms with Crippen molar-refractivity contribution < 1.29 is 13.6 Å². The van der Waals surface area contributed by atoms with E-state index in [1.54, 1.807) is 11.8 Å². The highest BCUT2D eigenvalue weighted by Gasteiger charge is 2.24. The Bertz CT molecular complexity index is 862. The molecule has 144 valence electrons. The molecule has 0 unspecified atom stereocenters. The molecule has 1 fully saturated rings. The van der Waals surface area contributed by atoms with Gasteiger partial charge in [-0.3, -0.25) is 9.59 Å². The van der Waals surface area contributed by atoms with Gasteiger partial charge in [0.1, 0.15) is 17.5 Å². The summed E-state index contributed by atoms with van der Waals surface area (Å²) in [6, 6.07) is 3.89. The van der Waals surface area contributed by atoms with E-state index in [1.165, 1.54) is 24.4 Å². The molecule has 1 atom stereocenters. The second-order valence-electron chi connectivity index (χ2n) is 7.09. The molecule has 0 radical (unpaired) electrons. The van der Waals surface area contributed by atoms with Gasteiger partial charge >= 0.3 is 0 Å². The lowest BCUT2D eigenvalue weighted by Gasteiger charge is -2.33. The van der Waals surface area contributed by atoms with E-state index in [-0.39, 0.29) is 29.4 Å². The number of benzene rings is 1. The number of nitrogens with one attached hydrogen (secondary N) is 1. The van der Waals surface area contributed by atoms with Crippen molar-refractivity contribution in [1.82, 2.24) is 14.9 Å². The maximum atomic E-state index is 13.8. The molecule has 1 N–H and O–H groups in total. The zero-order valence-electron chi connectivity index (χ0n) is 15.3. The van der Waals surface area contributed by atoms with Crippen LogP contribution < -0.4 is 5.56 Å². The average Bonchev–Trinajstić information content (AvgIpc) is 2.64. The number of aromatic nitrogens is 2. The third-order valence-electron chi connectivity index (χ3n) is 5.08. The number of aryl methyl sites for hydroxylation is 1. The van der Waals surface area contributed by atoms with Crippen LogP contribution in [0.4, 0.5) is 8.78 Å². The summed E-state index contributed by atoms with van der Waals surface area (Å²) in [4.78, 5) is 32.8. The molecule has 1 aromatic carbocycles. The number of hydrogen-bond donors (Lipinski definition) is 1. The second-order valence-corrected chi connectivity index (χ2v) is 7.09. The van der Waals surface area contributed by atoms with Gasteiger partial charge in [0.15, 0.2) is 0 Å². The standard InChI is InChI=1S/C20H23F2N3O2/c1-13-23-11-15(20(27)24-13)10-19(26)25-9-3-4-14(12-25)7-8-16-17(21)5-2-6-18(16)22/h2,5-6,11,14H,3-4,7-10,12H2,1H3,(H,23,24,27)/t14-/m0/s1. The van der Waals surface area contributed by atoms with Gasteiger partial charge in [0, 0.05) is 30.4 Å². The smallest absolute Gasteiger partial charge is 0.254 e. The molecule has 0 saturated carbocycles. The van der Waals surface area contributed by atoms with E-state index in [0.29, 0.717) is 37.3 Å². The fraction of sp³-hybridized carbons (Fsp3) is 0.450. The van der Waals surface area contributed by atoms with E-state index in [0.717, 1.165) is 12.8 Å². The van der Waals surface area contributed by atoms with Gasteiger partial charge in [-0.1, -0.05) is 6.07 Å². The van der Waals surface area contributed by atoms with Gasteiger partial charge in [-0.15, -0.1) is 0 Å². The number of rotatable bonds is 5. The minimum absolute atomic E-state index is 0.0112. The maximum absolute atomic E-state index is 13.8. The molecule has 0 bridgehead atoms. The summed E-state index contributed by atoms with van der Waals surface area (Å²) >= 11 is 0. The fourth-order valence-corrected chi connectivity index (χ4v) is 3.56. The molecule has 1 saturated heterocycles. The Balaban J connectivity index is 1.58. The van der Waals surface area contributed by atoms with Crippen LogP contribution in [-0.4, -0.2) is 33.9 Å². The van der Waals surface area contributed by atoms with E-state index in [1.807, 2.05) is 0 Å². The van der Waals surface area contributed by atoms with Gasteiger partial charge in [-0.05, 0) is 50.7 Å². The van der Waals surface area contributed by atoms with E-state index in [4.69, 9.17) is 0 Å². The van der Waals surface area contributed by atoms with Crippen molar-refractivity contribution in [3.05, 3.63) is 63.3 Å². The Labute approximate surface area is 156 Å². The molecule has 7 heteroatoms. The fourth-order valence-electron chi connectivity index (χ4n) is 3.56. The molecule has 5 nitrogen and oxygen atoms in total. The first-order valence-electron chi connectivity index (χ1n) is 9.19. The van der Waals surface area contributed by atoms with E-state index >= 15 is 0 Å². The van der Waals surface area contributed by atoms with Crippen molar-refractivity contribution in [3.8, 4) is 0 Å².